The molecule has 2 rings (SSSR count). The third-order valence-electron chi connectivity index (χ3n) is 3.52. The van der Waals surface area contributed by atoms with Gasteiger partial charge in [-0.2, -0.15) is 0 Å². The number of nitrogens with two attached hydrogens (primary N) is 1. The van der Waals surface area contributed by atoms with E-state index in [0.29, 0.717) is 12.6 Å². The Morgan fingerprint density at radius 1 is 1.37 bits per heavy atom. The highest BCUT2D eigenvalue weighted by atomic mass is 19.1. The Bertz CT molecular complexity index is 409. The van der Waals surface area contributed by atoms with Crippen molar-refractivity contribution in [3.63, 3.8) is 0 Å². The lowest BCUT2D eigenvalue weighted by atomic mass is 10.1. The number of ether oxygens (including phenoxy) is 1. The molecule has 1 heterocycles. The second-order valence-electron chi connectivity index (χ2n) is 5.13. The number of rotatable bonds is 5. The van der Waals surface area contributed by atoms with Crippen molar-refractivity contribution in [2.45, 2.75) is 39.0 Å². The predicted molar refractivity (Wildman–Crippen MR) is 74.2 cm³/mol. The van der Waals surface area contributed by atoms with Gasteiger partial charge in [-0.1, -0.05) is 6.07 Å². The molecule has 4 heteroatoms. The summed E-state index contributed by atoms with van der Waals surface area (Å²) in [5.41, 5.74) is 7.43. The van der Waals surface area contributed by atoms with E-state index in [1.807, 2.05) is 13.0 Å². The Balaban J connectivity index is 1.98. The van der Waals surface area contributed by atoms with Gasteiger partial charge in [-0.25, -0.2) is 4.39 Å². The number of piperidine rings is 1. The van der Waals surface area contributed by atoms with Crippen LogP contribution in [0.25, 0.3) is 0 Å². The molecular formula is C15H23FN2O. The minimum Gasteiger partial charge on any atom is -0.377 e. The van der Waals surface area contributed by atoms with Crippen molar-refractivity contribution in [3.8, 4) is 0 Å². The summed E-state index contributed by atoms with van der Waals surface area (Å²) in [6, 6.07) is 5.10. The fourth-order valence-corrected chi connectivity index (χ4v) is 2.71. The highest BCUT2D eigenvalue weighted by Gasteiger charge is 2.20. The molecule has 1 aromatic rings. The fraction of sp³-hybridized carbons (Fsp3) is 0.600. The molecule has 19 heavy (non-hydrogen) atoms. The van der Waals surface area contributed by atoms with Crippen LogP contribution >= 0.6 is 0 Å². The maximum atomic E-state index is 13.5. The lowest BCUT2D eigenvalue weighted by molar-refractivity contribution is 0.00361. The minimum atomic E-state index is -0.198. The summed E-state index contributed by atoms with van der Waals surface area (Å²) < 4.78 is 19.2. The average molecular weight is 266 g/mol. The van der Waals surface area contributed by atoms with Gasteiger partial charge >= 0.3 is 0 Å². The van der Waals surface area contributed by atoms with Gasteiger partial charge in [0.2, 0.25) is 0 Å². The van der Waals surface area contributed by atoms with Gasteiger partial charge in [0, 0.05) is 26.2 Å². The SMILES string of the molecule is CCOC1CCCN(Cc2cc(F)cc(CN)c2)C1. The molecule has 3 nitrogen and oxygen atoms in total. The second-order valence-corrected chi connectivity index (χ2v) is 5.13. The van der Waals surface area contributed by atoms with Crippen LogP contribution in [-0.4, -0.2) is 30.7 Å². The zero-order valence-corrected chi connectivity index (χ0v) is 11.6. The molecule has 1 saturated heterocycles. The maximum Gasteiger partial charge on any atom is 0.123 e. The first-order chi connectivity index (χ1) is 9.21. The Morgan fingerprint density at radius 2 is 2.16 bits per heavy atom. The molecule has 0 radical (unpaired) electrons. The van der Waals surface area contributed by atoms with E-state index in [0.717, 1.165) is 50.2 Å². The van der Waals surface area contributed by atoms with Crippen molar-refractivity contribution in [3.05, 3.63) is 35.1 Å². The van der Waals surface area contributed by atoms with E-state index in [4.69, 9.17) is 10.5 Å². The standard InChI is InChI=1S/C15H23FN2O/c1-2-19-15-4-3-5-18(11-15)10-13-6-12(9-17)7-14(16)8-13/h6-8,15H,2-5,9-11,17H2,1H3. The number of likely N-dealkylation sites (tertiary alicyclic amines) is 1. The Labute approximate surface area is 114 Å². The summed E-state index contributed by atoms with van der Waals surface area (Å²) in [7, 11) is 0. The number of halogens is 1. The van der Waals surface area contributed by atoms with Gasteiger partial charge in [0.15, 0.2) is 0 Å². The number of nitrogens with zero attached hydrogens (tertiary/aromatic N) is 1. The first-order valence-electron chi connectivity index (χ1n) is 7.03. The van der Waals surface area contributed by atoms with Gasteiger partial charge in [-0.3, -0.25) is 4.90 Å². The quantitative estimate of drug-likeness (QED) is 0.888. The molecule has 106 valence electrons. The Morgan fingerprint density at radius 3 is 2.89 bits per heavy atom. The van der Waals surface area contributed by atoms with Crippen molar-refractivity contribution in [1.82, 2.24) is 4.90 Å². The second kappa shape index (κ2) is 6.98. The lowest BCUT2D eigenvalue weighted by Gasteiger charge is -2.32. The fourth-order valence-electron chi connectivity index (χ4n) is 2.71. The molecule has 1 aliphatic rings. The van der Waals surface area contributed by atoms with Crippen molar-refractivity contribution in [1.29, 1.82) is 0 Å². The summed E-state index contributed by atoms with van der Waals surface area (Å²) in [4.78, 5) is 2.33. The van der Waals surface area contributed by atoms with E-state index in [1.54, 1.807) is 6.07 Å². The molecule has 1 aliphatic heterocycles. The first-order valence-corrected chi connectivity index (χ1v) is 7.03. The first kappa shape index (κ1) is 14.4. The van der Waals surface area contributed by atoms with E-state index >= 15 is 0 Å². The predicted octanol–water partition coefficient (Wildman–Crippen LogP) is 2.29. The molecular weight excluding hydrogens is 243 g/mol. The van der Waals surface area contributed by atoms with Gasteiger partial charge in [-0.15, -0.1) is 0 Å². The molecule has 2 N–H and O–H groups in total. The number of hydrogen-bond acceptors (Lipinski definition) is 3. The molecule has 0 aromatic heterocycles. The van der Waals surface area contributed by atoms with Crippen LogP contribution in [0.4, 0.5) is 4.39 Å². The number of benzene rings is 1. The van der Waals surface area contributed by atoms with E-state index in [2.05, 4.69) is 4.90 Å². The van der Waals surface area contributed by atoms with E-state index in [-0.39, 0.29) is 5.82 Å². The number of hydrogen-bond donors (Lipinski definition) is 1. The van der Waals surface area contributed by atoms with Crippen LogP contribution in [-0.2, 0) is 17.8 Å². The van der Waals surface area contributed by atoms with E-state index in [1.165, 1.54) is 6.07 Å². The maximum absolute atomic E-state index is 13.5. The van der Waals surface area contributed by atoms with Crippen LogP contribution in [0.5, 0.6) is 0 Å². The van der Waals surface area contributed by atoms with Crippen LogP contribution < -0.4 is 5.73 Å². The van der Waals surface area contributed by atoms with Gasteiger partial charge in [0.1, 0.15) is 5.82 Å². The van der Waals surface area contributed by atoms with Crippen LogP contribution in [0.3, 0.4) is 0 Å². The molecule has 0 bridgehead atoms. The van der Waals surface area contributed by atoms with E-state index in [9.17, 15) is 4.39 Å². The largest absolute Gasteiger partial charge is 0.377 e. The zero-order chi connectivity index (χ0) is 13.7. The third kappa shape index (κ3) is 4.27. The van der Waals surface area contributed by atoms with Crippen molar-refractivity contribution >= 4 is 0 Å². The highest BCUT2D eigenvalue weighted by molar-refractivity contribution is 5.24. The molecule has 1 aromatic carbocycles. The summed E-state index contributed by atoms with van der Waals surface area (Å²) in [6.45, 7) is 5.93. The van der Waals surface area contributed by atoms with Crippen molar-refractivity contribution in [2.24, 2.45) is 5.73 Å². The summed E-state index contributed by atoms with van der Waals surface area (Å²) in [5, 5.41) is 0. The van der Waals surface area contributed by atoms with Crippen LogP contribution in [0.1, 0.15) is 30.9 Å². The monoisotopic (exact) mass is 266 g/mol. The Kier molecular flexibility index (Phi) is 5.31. The lowest BCUT2D eigenvalue weighted by Crippen LogP contribution is -2.39. The van der Waals surface area contributed by atoms with E-state index < -0.39 is 0 Å². The van der Waals surface area contributed by atoms with Gasteiger partial charge < -0.3 is 10.5 Å². The summed E-state index contributed by atoms with van der Waals surface area (Å²) >= 11 is 0. The van der Waals surface area contributed by atoms with Gasteiger partial charge in [0.05, 0.1) is 6.10 Å². The van der Waals surface area contributed by atoms with Gasteiger partial charge in [-0.05, 0) is 49.6 Å². The summed E-state index contributed by atoms with van der Waals surface area (Å²) in [6.07, 6.45) is 2.59. The molecule has 0 amide bonds. The third-order valence-corrected chi connectivity index (χ3v) is 3.52. The normalized spacial score (nSPS) is 20.7. The topological polar surface area (TPSA) is 38.5 Å². The highest BCUT2D eigenvalue weighted by Crippen LogP contribution is 2.17. The molecule has 1 atom stereocenters. The van der Waals surface area contributed by atoms with Crippen LogP contribution in [0.2, 0.25) is 0 Å². The minimum absolute atomic E-state index is 0.198. The van der Waals surface area contributed by atoms with Crippen LogP contribution in [0.15, 0.2) is 18.2 Å². The van der Waals surface area contributed by atoms with Crippen molar-refractivity contribution in [2.75, 3.05) is 19.7 Å². The van der Waals surface area contributed by atoms with Gasteiger partial charge in [0.25, 0.3) is 0 Å². The molecule has 0 spiro atoms. The molecule has 1 fully saturated rings. The molecule has 0 aliphatic carbocycles. The van der Waals surface area contributed by atoms with Crippen LogP contribution in [0, 0.1) is 5.82 Å². The average Bonchev–Trinajstić information content (AvgIpc) is 2.39. The molecule has 0 saturated carbocycles. The zero-order valence-electron chi connectivity index (χ0n) is 11.6. The smallest absolute Gasteiger partial charge is 0.123 e. The summed E-state index contributed by atoms with van der Waals surface area (Å²) in [5.74, 6) is -0.198. The van der Waals surface area contributed by atoms with Crippen molar-refractivity contribution < 1.29 is 9.13 Å². The Hall–Kier alpha value is -0.970. The molecule has 1 unspecified atom stereocenters.